The quantitative estimate of drug-likeness (QED) is 0.178. The maximum absolute atomic E-state index is 12.1. The summed E-state index contributed by atoms with van der Waals surface area (Å²) in [5.41, 5.74) is 7.47. The molecule has 4 aromatic rings. The highest BCUT2D eigenvalue weighted by Crippen LogP contribution is 2.20. The molecule has 0 bridgehead atoms. The summed E-state index contributed by atoms with van der Waals surface area (Å²) in [5, 5.41) is 1.81. The van der Waals surface area contributed by atoms with Crippen LogP contribution in [0.2, 0.25) is 0 Å². The van der Waals surface area contributed by atoms with Crippen LogP contribution in [0.4, 0.5) is 20.2 Å². The predicted molar refractivity (Wildman–Crippen MR) is 176 cm³/mol. The molecule has 4 rings (SSSR count). The van der Waals surface area contributed by atoms with E-state index in [9.17, 15) is 40.0 Å². The van der Waals surface area contributed by atoms with E-state index < -0.39 is 44.7 Å². The standard InChI is InChI=1S/C16H16F2N4O4S.C14H16N4O3S/c1-27(25,26)22(13-3-2-6-19-8-13)10-12-5-4-11(7-20-12)14(23)9-21-16(24)15(17)18;1-22(20,21)18(13-3-2-6-16-9-13)10-12-5-4-11(8-17-12)14(19)7-15/h2-8,15H,9-10H2,1H3,(H,21,24);2-6,8-9H,7,10,15H2,1H3. The fourth-order valence-corrected chi connectivity index (χ4v) is 5.64. The van der Waals surface area contributed by atoms with Gasteiger partial charge < -0.3 is 11.1 Å². The Labute approximate surface area is 281 Å². The molecule has 0 aliphatic carbocycles. The predicted octanol–water partition coefficient (Wildman–Crippen LogP) is 1.59. The average Bonchev–Trinajstić information content (AvgIpc) is 3.08. The number of rotatable bonds is 14. The first-order valence-corrected chi connectivity index (χ1v) is 17.8. The van der Waals surface area contributed by atoms with Crippen molar-refractivity contribution in [2.24, 2.45) is 5.73 Å². The first kappa shape index (κ1) is 38.2. The molecule has 3 N–H and O–H groups in total. The zero-order chi connectivity index (χ0) is 36.2. The first-order valence-electron chi connectivity index (χ1n) is 14.1. The smallest absolute Gasteiger partial charge is 0.315 e. The topological polar surface area (TPSA) is 216 Å². The van der Waals surface area contributed by atoms with Gasteiger partial charge in [0.1, 0.15) is 0 Å². The molecule has 0 saturated carbocycles. The van der Waals surface area contributed by atoms with Gasteiger partial charge in [-0.1, -0.05) is 0 Å². The Bertz CT molecular complexity index is 1940. The van der Waals surface area contributed by atoms with Gasteiger partial charge in [0.05, 0.1) is 73.8 Å². The lowest BCUT2D eigenvalue weighted by molar-refractivity contribution is -0.131. The molecular weight excluding hydrogens is 687 g/mol. The number of aromatic nitrogens is 4. The normalized spacial score (nSPS) is 11.2. The van der Waals surface area contributed by atoms with E-state index in [1.165, 1.54) is 47.4 Å². The van der Waals surface area contributed by atoms with Crippen LogP contribution in [-0.2, 0) is 37.9 Å². The van der Waals surface area contributed by atoms with Gasteiger partial charge in [-0.25, -0.2) is 16.8 Å². The second kappa shape index (κ2) is 17.2. The number of amides is 1. The van der Waals surface area contributed by atoms with Gasteiger partial charge in [-0.3, -0.25) is 42.9 Å². The van der Waals surface area contributed by atoms with Crippen LogP contribution in [0.3, 0.4) is 0 Å². The largest absolute Gasteiger partial charge is 0.344 e. The third-order valence-electron chi connectivity index (χ3n) is 6.38. The monoisotopic (exact) mass is 718 g/mol. The summed E-state index contributed by atoms with van der Waals surface area (Å²) >= 11 is 0. The van der Waals surface area contributed by atoms with Gasteiger partial charge in [-0.2, -0.15) is 8.78 Å². The molecule has 0 saturated heterocycles. The van der Waals surface area contributed by atoms with Crippen molar-refractivity contribution < 1.29 is 40.0 Å². The van der Waals surface area contributed by atoms with Crippen LogP contribution in [0.15, 0.2) is 85.7 Å². The summed E-state index contributed by atoms with van der Waals surface area (Å²) in [6.45, 7) is -0.704. The number of sulfonamides is 2. The van der Waals surface area contributed by atoms with Crippen molar-refractivity contribution in [3.8, 4) is 0 Å². The number of hydrogen-bond acceptors (Lipinski definition) is 12. The Morgan fingerprint density at radius 1 is 0.735 bits per heavy atom. The zero-order valence-electron chi connectivity index (χ0n) is 26.2. The molecule has 0 spiro atoms. The van der Waals surface area contributed by atoms with Crippen LogP contribution in [0, 0.1) is 0 Å². The third-order valence-corrected chi connectivity index (χ3v) is 8.66. The second-order valence-corrected chi connectivity index (χ2v) is 13.9. The van der Waals surface area contributed by atoms with E-state index in [0.29, 0.717) is 28.3 Å². The van der Waals surface area contributed by atoms with E-state index in [4.69, 9.17) is 5.73 Å². The average molecular weight is 719 g/mol. The number of nitrogens with two attached hydrogens (primary N) is 1. The van der Waals surface area contributed by atoms with Gasteiger partial charge in [0.15, 0.2) is 11.6 Å². The Balaban J connectivity index is 0.000000271. The van der Waals surface area contributed by atoms with Crippen LogP contribution < -0.4 is 19.7 Å². The van der Waals surface area contributed by atoms with E-state index in [0.717, 1.165) is 16.8 Å². The highest BCUT2D eigenvalue weighted by molar-refractivity contribution is 7.92. The number of nitrogens with zero attached hydrogens (tertiary/aromatic N) is 6. The minimum atomic E-state index is -3.60. The van der Waals surface area contributed by atoms with Crippen molar-refractivity contribution in [1.29, 1.82) is 0 Å². The van der Waals surface area contributed by atoms with Crippen molar-refractivity contribution in [2.45, 2.75) is 19.5 Å². The summed E-state index contributed by atoms with van der Waals surface area (Å²) in [6.07, 6.45) is 7.48. The van der Waals surface area contributed by atoms with Crippen molar-refractivity contribution in [1.82, 2.24) is 25.3 Å². The molecule has 1 amide bonds. The molecule has 0 atom stereocenters. The summed E-state index contributed by atoms with van der Waals surface area (Å²) in [7, 11) is -7.08. The number of alkyl halides is 2. The molecule has 0 aliphatic heterocycles. The van der Waals surface area contributed by atoms with Crippen molar-refractivity contribution in [3.05, 3.63) is 108 Å². The van der Waals surface area contributed by atoms with Gasteiger partial charge in [0.25, 0.3) is 5.91 Å². The van der Waals surface area contributed by atoms with Crippen LogP contribution in [0.5, 0.6) is 0 Å². The molecule has 0 aliphatic rings. The van der Waals surface area contributed by atoms with Crippen molar-refractivity contribution >= 4 is 48.9 Å². The van der Waals surface area contributed by atoms with E-state index in [2.05, 4.69) is 19.9 Å². The molecule has 49 heavy (non-hydrogen) atoms. The number of ketones is 2. The van der Waals surface area contributed by atoms with Crippen LogP contribution in [-0.4, -0.2) is 86.3 Å². The molecule has 4 aromatic heterocycles. The van der Waals surface area contributed by atoms with Crippen LogP contribution >= 0.6 is 0 Å². The lowest BCUT2D eigenvalue weighted by atomic mass is 10.1. The van der Waals surface area contributed by atoms with Gasteiger partial charge in [0.2, 0.25) is 20.0 Å². The molecule has 0 unspecified atom stereocenters. The van der Waals surface area contributed by atoms with E-state index >= 15 is 0 Å². The summed E-state index contributed by atoms with van der Waals surface area (Å²) in [6, 6.07) is 12.5. The third kappa shape index (κ3) is 11.7. The minimum Gasteiger partial charge on any atom is -0.344 e. The SMILES string of the molecule is CS(=O)(=O)N(Cc1ccc(C(=O)CN)cn1)c1cccnc1.CS(=O)(=O)N(Cc1ccc(C(=O)CNC(=O)C(F)F)cn1)c1cccnc1. The van der Waals surface area contributed by atoms with Gasteiger partial charge in [-0.15, -0.1) is 0 Å². The number of pyridine rings is 4. The number of anilines is 2. The van der Waals surface area contributed by atoms with E-state index in [-0.39, 0.29) is 31.0 Å². The lowest BCUT2D eigenvalue weighted by Gasteiger charge is -2.21. The molecular formula is C30H32F2N8O7S2. The zero-order valence-corrected chi connectivity index (χ0v) is 27.8. The summed E-state index contributed by atoms with van der Waals surface area (Å²) in [4.78, 5) is 50.1. The van der Waals surface area contributed by atoms with Crippen molar-refractivity contribution in [2.75, 3.05) is 34.2 Å². The lowest BCUT2D eigenvalue weighted by Crippen LogP contribution is -2.34. The number of carbonyl (C=O) groups is 3. The van der Waals surface area contributed by atoms with Gasteiger partial charge in [0, 0.05) is 35.9 Å². The van der Waals surface area contributed by atoms with E-state index in [1.807, 2.05) is 5.32 Å². The van der Waals surface area contributed by atoms with Gasteiger partial charge >= 0.3 is 6.43 Å². The molecule has 260 valence electrons. The highest BCUT2D eigenvalue weighted by Gasteiger charge is 2.21. The Morgan fingerprint density at radius 3 is 1.51 bits per heavy atom. The Hall–Kier alpha value is -5.27. The highest BCUT2D eigenvalue weighted by atomic mass is 32.2. The number of carbonyl (C=O) groups excluding carboxylic acids is 3. The molecule has 4 heterocycles. The van der Waals surface area contributed by atoms with Crippen molar-refractivity contribution in [3.63, 3.8) is 0 Å². The minimum absolute atomic E-state index is 0.0572. The molecule has 19 heteroatoms. The molecule has 15 nitrogen and oxygen atoms in total. The van der Waals surface area contributed by atoms with E-state index in [1.54, 1.807) is 42.6 Å². The van der Waals surface area contributed by atoms with Crippen LogP contribution in [0.1, 0.15) is 32.1 Å². The summed E-state index contributed by atoms with van der Waals surface area (Å²) < 4.78 is 74.5. The maximum Gasteiger partial charge on any atom is 0.315 e. The Kier molecular flexibility index (Phi) is 13.4. The number of halogens is 2. The fourth-order valence-electron chi connectivity index (χ4n) is 3.93. The maximum atomic E-state index is 12.1. The first-order chi connectivity index (χ1) is 23.1. The second-order valence-electron chi connectivity index (χ2n) is 10.1. The molecule has 0 radical (unpaired) electrons. The molecule has 0 fully saturated rings. The molecule has 0 aromatic carbocycles. The fraction of sp³-hybridized carbons (Fsp3) is 0.233. The number of nitrogens with one attached hydrogen (secondary N) is 1. The number of hydrogen-bond donors (Lipinski definition) is 2. The Morgan fingerprint density at radius 2 is 1.18 bits per heavy atom. The van der Waals surface area contributed by atoms with Crippen LogP contribution in [0.25, 0.3) is 0 Å². The van der Waals surface area contributed by atoms with Gasteiger partial charge in [-0.05, 0) is 48.5 Å². The number of Topliss-reactive ketones (excluding diaryl/α,β-unsaturated/α-hetero) is 2. The summed E-state index contributed by atoms with van der Waals surface area (Å²) in [5.74, 6) is -2.35.